The Morgan fingerprint density at radius 3 is 2.23 bits per heavy atom. The molecular formula is C17H20N2O7. The number of hydrogen-bond donors (Lipinski definition) is 2. The number of hydroxylamine groups is 2. The summed E-state index contributed by atoms with van der Waals surface area (Å²) in [5.74, 6) is -1.98. The largest absolute Gasteiger partial charge is 0.480 e. The van der Waals surface area contributed by atoms with Crippen LogP contribution in [0.5, 0.6) is 0 Å². The van der Waals surface area contributed by atoms with Crippen molar-refractivity contribution in [3.05, 3.63) is 35.9 Å². The van der Waals surface area contributed by atoms with E-state index in [4.69, 9.17) is 15.1 Å². The van der Waals surface area contributed by atoms with Gasteiger partial charge in [-0.3, -0.25) is 19.7 Å². The summed E-state index contributed by atoms with van der Waals surface area (Å²) in [6.07, 6.45) is 0.946. The SMILES string of the molecule is O=C(O)[C@H]1CCCN1C(=O)OCc1ccccc1.O=C1CCC(=O)N1O. The fraction of sp³-hybridized carbons (Fsp3) is 0.412. The number of ether oxygens (including phenoxy) is 1. The Balaban J connectivity index is 0.000000254. The second-order valence-electron chi connectivity index (χ2n) is 5.83. The number of imide groups is 1. The highest BCUT2D eigenvalue weighted by molar-refractivity contribution is 6.00. The minimum absolute atomic E-state index is 0.148. The van der Waals surface area contributed by atoms with Crippen LogP contribution >= 0.6 is 0 Å². The number of carboxylic acids is 1. The number of benzene rings is 1. The van der Waals surface area contributed by atoms with E-state index in [9.17, 15) is 19.2 Å². The van der Waals surface area contributed by atoms with Gasteiger partial charge in [0.15, 0.2) is 0 Å². The van der Waals surface area contributed by atoms with E-state index in [0.717, 1.165) is 5.56 Å². The molecule has 2 aliphatic heterocycles. The Morgan fingerprint density at radius 2 is 1.73 bits per heavy atom. The third-order valence-electron chi connectivity index (χ3n) is 4.00. The van der Waals surface area contributed by atoms with Crippen molar-refractivity contribution in [3.63, 3.8) is 0 Å². The summed E-state index contributed by atoms with van der Waals surface area (Å²) in [5.41, 5.74) is 0.886. The molecule has 1 atom stereocenters. The first-order valence-electron chi connectivity index (χ1n) is 8.15. The van der Waals surface area contributed by atoms with Crippen LogP contribution < -0.4 is 0 Å². The predicted octanol–water partition coefficient (Wildman–Crippen LogP) is 1.40. The molecule has 1 aromatic carbocycles. The van der Waals surface area contributed by atoms with Gasteiger partial charge in [0.2, 0.25) is 0 Å². The van der Waals surface area contributed by atoms with Crippen molar-refractivity contribution in [2.75, 3.05) is 6.54 Å². The second-order valence-corrected chi connectivity index (χ2v) is 5.83. The number of nitrogens with zero attached hydrogens (tertiary/aromatic N) is 2. The van der Waals surface area contributed by atoms with Gasteiger partial charge < -0.3 is 9.84 Å². The van der Waals surface area contributed by atoms with Crippen molar-refractivity contribution < 1.29 is 34.2 Å². The third-order valence-corrected chi connectivity index (χ3v) is 4.00. The van der Waals surface area contributed by atoms with Crippen molar-refractivity contribution in [2.24, 2.45) is 0 Å². The fourth-order valence-corrected chi connectivity index (χ4v) is 2.61. The van der Waals surface area contributed by atoms with Crippen LogP contribution in [0.1, 0.15) is 31.2 Å². The quantitative estimate of drug-likeness (QED) is 0.613. The summed E-state index contributed by atoms with van der Waals surface area (Å²) in [6, 6.07) is 8.57. The van der Waals surface area contributed by atoms with Gasteiger partial charge in [0, 0.05) is 19.4 Å². The summed E-state index contributed by atoms with van der Waals surface area (Å²) < 4.78 is 5.12. The van der Waals surface area contributed by atoms with E-state index in [1.54, 1.807) is 0 Å². The van der Waals surface area contributed by atoms with Gasteiger partial charge in [0.1, 0.15) is 12.6 Å². The standard InChI is InChI=1S/C13H15NO4.C4H5NO3/c15-12(16)11-7-4-8-14(11)13(17)18-9-10-5-2-1-3-6-10;6-3-1-2-4(7)5(3)8/h1-3,5-6,11H,4,7-9H2,(H,15,16);8H,1-2H2/t11-;/m1./s1. The molecular weight excluding hydrogens is 344 g/mol. The zero-order valence-corrected chi connectivity index (χ0v) is 14.0. The third kappa shape index (κ3) is 5.03. The van der Waals surface area contributed by atoms with Crippen LogP contribution in [0.4, 0.5) is 4.79 Å². The van der Waals surface area contributed by atoms with Crippen molar-refractivity contribution in [3.8, 4) is 0 Å². The normalized spacial score (nSPS) is 19.2. The molecule has 3 amide bonds. The van der Waals surface area contributed by atoms with E-state index in [1.165, 1.54) is 4.90 Å². The second kappa shape index (κ2) is 8.95. The van der Waals surface area contributed by atoms with Gasteiger partial charge in [-0.2, -0.15) is 5.06 Å². The van der Waals surface area contributed by atoms with Gasteiger partial charge in [-0.15, -0.1) is 0 Å². The van der Waals surface area contributed by atoms with E-state index in [-0.39, 0.29) is 24.5 Å². The van der Waals surface area contributed by atoms with Gasteiger partial charge in [-0.1, -0.05) is 30.3 Å². The lowest BCUT2D eigenvalue weighted by Gasteiger charge is -2.20. The Hall–Kier alpha value is -2.94. The van der Waals surface area contributed by atoms with E-state index in [2.05, 4.69) is 0 Å². The lowest BCUT2D eigenvalue weighted by atomic mass is 10.2. The van der Waals surface area contributed by atoms with Gasteiger partial charge in [-0.05, 0) is 18.4 Å². The highest BCUT2D eigenvalue weighted by Gasteiger charge is 2.34. The molecule has 26 heavy (non-hydrogen) atoms. The number of carboxylic acid groups (broad SMARTS) is 1. The van der Waals surface area contributed by atoms with Crippen LogP contribution in [-0.2, 0) is 25.7 Å². The van der Waals surface area contributed by atoms with Crippen LogP contribution in [0.25, 0.3) is 0 Å². The van der Waals surface area contributed by atoms with Gasteiger partial charge >= 0.3 is 12.1 Å². The average molecular weight is 364 g/mol. The molecule has 2 heterocycles. The lowest BCUT2D eigenvalue weighted by Crippen LogP contribution is -2.40. The van der Waals surface area contributed by atoms with Crippen LogP contribution in [0.2, 0.25) is 0 Å². The molecule has 3 rings (SSSR count). The molecule has 9 heteroatoms. The summed E-state index contributed by atoms with van der Waals surface area (Å²) in [5, 5.41) is 17.5. The zero-order valence-electron chi connectivity index (χ0n) is 14.0. The minimum atomic E-state index is -0.968. The molecule has 0 radical (unpaired) electrons. The number of carbonyl (C=O) groups is 4. The molecule has 2 aliphatic rings. The first-order chi connectivity index (χ1) is 12.4. The van der Waals surface area contributed by atoms with E-state index in [1.807, 2.05) is 30.3 Å². The summed E-state index contributed by atoms with van der Waals surface area (Å²) in [7, 11) is 0. The average Bonchev–Trinajstić information content (AvgIpc) is 3.24. The zero-order chi connectivity index (χ0) is 19.1. The van der Waals surface area contributed by atoms with Crippen molar-refractivity contribution in [1.82, 2.24) is 9.96 Å². The maximum Gasteiger partial charge on any atom is 0.410 e. The number of aliphatic carboxylic acids is 1. The number of amides is 3. The van der Waals surface area contributed by atoms with E-state index in [0.29, 0.717) is 19.4 Å². The first-order valence-corrected chi connectivity index (χ1v) is 8.15. The molecule has 140 valence electrons. The summed E-state index contributed by atoms with van der Waals surface area (Å²) in [6.45, 7) is 0.618. The van der Waals surface area contributed by atoms with Crippen LogP contribution in [0.3, 0.4) is 0 Å². The molecule has 0 aromatic heterocycles. The molecule has 0 aliphatic carbocycles. The Kier molecular flexibility index (Phi) is 6.67. The molecule has 1 aromatic rings. The number of hydrogen-bond acceptors (Lipinski definition) is 6. The molecule has 2 fully saturated rings. The smallest absolute Gasteiger partial charge is 0.410 e. The van der Waals surface area contributed by atoms with Crippen molar-refractivity contribution in [1.29, 1.82) is 0 Å². The highest BCUT2D eigenvalue weighted by atomic mass is 16.6. The van der Waals surface area contributed by atoms with Crippen molar-refractivity contribution in [2.45, 2.75) is 38.3 Å². The Bertz CT molecular complexity index is 661. The molecule has 0 bridgehead atoms. The highest BCUT2D eigenvalue weighted by Crippen LogP contribution is 2.18. The van der Waals surface area contributed by atoms with Crippen LogP contribution in [0, 0.1) is 0 Å². The van der Waals surface area contributed by atoms with Gasteiger partial charge in [-0.25, -0.2) is 9.59 Å². The van der Waals surface area contributed by atoms with E-state index >= 15 is 0 Å². The lowest BCUT2D eigenvalue weighted by molar-refractivity contribution is -0.171. The Morgan fingerprint density at radius 1 is 1.12 bits per heavy atom. The molecule has 2 N–H and O–H groups in total. The summed E-state index contributed by atoms with van der Waals surface area (Å²) >= 11 is 0. The van der Waals surface area contributed by atoms with Crippen molar-refractivity contribution >= 4 is 23.9 Å². The predicted molar refractivity (Wildman–Crippen MR) is 86.9 cm³/mol. The minimum Gasteiger partial charge on any atom is -0.480 e. The first kappa shape index (κ1) is 19.4. The van der Waals surface area contributed by atoms with Crippen LogP contribution in [-0.4, -0.2) is 56.7 Å². The molecule has 0 spiro atoms. The molecule has 9 nitrogen and oxygen atoms in total. The molecule has 0 saturated carbocycles. The summed E-state index contributed by atoms with van der Waals surface area (Å²) in [4.78, 5) is 44.5. The van der Waals surface area contributed by atoms with Crippen LogP contribution in [0.15, 0.2) is 30.3 Å². The van der Waals surface area contributed by atoms with E-state index < -0.39 is 29.9 Å². The number of likely N-dealkylation sites (tertiary alicyclic amines) is 1. The maximum absolute atomic E-state index is 11.8. The van der Waals surface area contributed by atoms with Gasteiger partial charge in [0.25, 0.3) is 11.8 Å². The fourth-order valence-electron chi connectivity index (χ4n) is 2.61. The molecule has 0 unspecified atom stereocenters. The number of carbonyl (C=O) groups excluding carboxylic acids is 3. The topological polar surface area (TPSA) is 124 Å². The monoisotopic (exact) mass is 364 g/mol. The maximum atomic E-state index is 11.8. The molecule has 2 saturated heterocycles. The number of rotatable bonds is 3. The van der Waals surface area contributed by atoms with Gasteiger partial charge in [0.05, 0.1) is 0 Å². The Labute approximate surface area is 149 Å².